The Hall–Kier alpha value is -1.56. The fourth-order valence-corrected chi connectivity index (χ4v) is 4.31. The van der Waals surface area contributed by atoms with Crippen LogP contribution in [-0.2, 0) is 0 Å². The molecule has 0 bridgehead atoms. The molecule has 2 aromatic rings. The van der Waals surface area contributed by atoms with E-state index in [1.54, 1.807) is 0 Å². The summed E-state index contributed by atoms with van der Waals surface area (Å²) in [6.45, 7) is 2.97. The number of aromatic amines is 1. The summed E-state index contributed by atoms with van der Waals surface area (Å²) in [6.07, 6.45) is 2.84. The number of carbonyl (C=O) groups excluding carboxylic acids is 1. The Bertz CT molecular complexity index is 752. The normalized spacial score (nSPS) is 25.5. The van der Waals surface area contributed by atoms with E-state index in [-0.39, 0.29) is 18.1 Å². The number of nitrogens with zero attached hydrogens (tertiary/aromatic N) is 2. The van der Waals surface area contributed by atoms with Gasteiger partial charge in [0.15, 0.2) is 0 Å². The molecule has 2 N–H and O–H groups in total. The van der Waals surface area contributed by atoms with Gasteiger partial charge < -0.3 is 15.0 Å². The number of carbonyl (C=O) groups is 1. The molecule has 5 nitrogen and oxygen atoms in total. The maximum atomic E-state index is 12.8. The summed E-state index contributed by atoms with van der Waals surface area (Å²) in [7, 11) is 0. The molecule has 1 saturated heterocycles. The molecule has 1 saturated carbocycles. The van der Waals surface area contributed by atoms with Crippen molar-refractivity contribution >= 4 is 28.4 Å². The van der Waals surface area contributed by atoms with E-state index in [4.69, 9.17) is 11.6 Å². The number of halogens is 1. The Balaban J connectivity index is 1.47. The molecular formula is C18H22ClN3O2. The standard InChI is InChI=1S/C18H22ClN3O2/c19-16-12-4-1-2-5-13(12)20-17(16)18(24)22-10-8-21(9-11-22)14-6-3-7-15(14)23/h1-2,4-5,14-15,20,23H,3,6-11H2/t14-,15-/m0/s1. The van der Waals surface area contributed by atoms with Gasteiger partial charge in [0.2, 0.25) is 0 Å². The first-order valence-corrected chi connectivity index (χ1v) is 9.00. The minimum absolute atomic E-state index is 0.0391. The summed E-state index contributed by atoms with van der Waals surface area (Å²) < 4.78 is 0. The number of aromatic nitrogens is 1. The molecular weight excluding hydrogens is 326 g/mol. The van der Waals surface area contributed by atoms with Crippen molar-refractivity contribution in [3.05, 3.63) is 35.0 Å². The largest absolute Gasteiger partial charge is 0.391 e. The van der Waals surface area contributed by atoms with E-state index in [1.165, 1.54) is 0 Å². The van der Waals surface area contributed by atoms with Crippen LogP contribution in [0.2, 0.25) is 5.02 Å². The SMILES string of the molecule is O=C(c1[nH]c2ccccc2c1Cl)N1CCN([C@H]2CCC[C@@H]2O)CC1. The third-order valence-corrected chi connectivity index (χ3v) is 5.76. The Labute approximate surface area is 146 Å². The van der Waals surface area contributed by atoms with Crippen LogP contribution >= 0.6 is 11.6 Å². The molecule has 1 aromatic heterocycles. The second-order valence-electron chi connectivity index (χ2n) is 6.75. The Morgan fingerprint density at radius 1 is 1.17 bits per heavy atom. The van der Waals surface area contributed by atoms with Crippen LogP contribution in [-0.4, -0.2) is 64.1 Å². The van der Waals surface area contributed by atoms with Crippen LogP contribution < -0.4 is 0 Å². The van der Waals surface area contributed by atoms with Gasteiger partial charge in [0, 0.05) is 43.1 Å². The van der Waals surface area contributed by atoms with Crippen molar-refractivity contribution in [1.29, 1.82) is 0 Å². The maximum Gasteiger partial charge on any atom is 0.271 e. The van der Waals surface area contributed by atoms with Crippen molar-refractivity contribution in [2.45, 2.75) is 31.4 Å². The number of rotatable bonds is 2. The molecule has 4 rings (SSSR count). The highest BCUT2D eigenvalue weighted by Gasteiger charge is 2.34. The van der Waals surface area contributed by atoms with Gasteiger partial charge in [-0.1, -0.05) is 29.8 Å². The van der Waals surface area contributed by atoms with Crippen molar-refractivity contribution in [3.63, 3.8) is 0 Å². The number of H-pyrrole nitrogens is 1. The predicted molar refractivity (Wildman–Crippen MR) is 94.4 cm³/mol. The molecule has 2 fully saturated rings. The minimum Gasteiger partial charge on any atom is -0.391 e. The Morgan fingerprint density at radius 2 is 1.92 bits per heavy atom. The average Bonchev–Trinajstić information content (AvgIpc) is 3.18. The number of aliphatic hydroxyl groups excluding tert-OH is 1. The molecule has 24 heavy (non-hydrogen) atoms. The fraction of sp³-hybridized carbons (Fsp3) is 0.500. The number of aliphatic hydroxyl groups is 1. The second kappa shape index (κ2) is 6.39. The molecule has 2 heterocycles. The highest BCUT2D eigenvalue weighted by molar-refractivity contribution is 6.38. The predicted octanol–water partition coefficient (Wildman–Crippen LogP) is 2.49. The molecule has 2 aliphatic rings. The van der Waals surface area contributed by atoms with Crippen molar-refractivity contribution in [2.75, 3.05) is 26.2 Å². The molecule has 0 spiro atoms. The first kappa shape index (κ1) is 15.9. The third-order valence-electron chi connectivity index (χ3n) is 5.37. The summed E-state index contributed by atoms with van der Waals surface area (Å²) >= 11 is 6.40. The number of hydrogen-bond donors (Lipinski definition) is 2. The van der Waals surface area contributed by atoms with Gasteiger partial charge in [-0.25, -0.2) is 0 Å². The van der Waals surface area contributed by atoms with E-state index < -0.39 is 0 Å². The summed E-state index contributed by atoms with van der Waals surface area (Å²) in [5.74, 6) is -0.0391. The topological polar surface area (TPSA) is 59.6 Å². The minimum atomic E-state index is -0.213. The molecule has 0 radical (unpaired) electrons. The molecule has 1 aromatic carbocycles. The lowest BCUT2D eigenvalue weighted by Gasteiger charge is -2.39. The average molecular weight is 348 g/mol. The number of amides is 1. The smallest absolute Gasteiger partial charge is 0.271 e. The lowest BCUT2D eigenvalue weighted by atomic mass is 10.1. The third kappa shape index (κ3) is 2.70. The molecule has 6 heteroatoms. The number of para-hydroxylation sites is 1. The molecule has 2 atom stereocenters. The highest BCUT2D eigenvalue weighted by atomic mass is 35.5. The summed E-state index contributed by atoms with van der Waals surface area (Å²) in [5, 5.41) is 11.5. The van der Waals surface area contributed by atoms with E-state index in [9.17, 15) is 9.90 Å². The van der Waals surface area contributed by atoms with Crippen molar-refractivity contribution < 1.29 is 9.90 Å². The Kier molecular flexibility index (Phi) is 4.24. The second-order valence-corrected chi connectivity index (χ2v) is 7.13. The van der Waals surface area contributed by atoms with Gasteiger partial charge in [-0.05, 0) is 25.3 Å². The van der Waals surface area contributed by atoms with Crippen LogP contribution in [0.3, 0.4) is 0 Å². The molecule has 1 aliphatic heterocycles. The summed E-state index contributed by atoms with van der Waals surface area (Å²) in [4.78, 5) is 20.2. The first-order valence-electron chi connectivity index (χ1n) is 8.63. The number of piperazine rings is 1. The van der Waals surface area contributed by atoms with Gasteiger partial charge in [0.05, 0.1) is 11.1 Å². The fourth-order valence-electron chi connectivity index (χ4n) is 4.02. The molecule has 128 valence electrons. The van der Waals surface area contributed by atoms with Gasteiger partial charge in [0.1, 0.15) is 5.69 Å². The van der Waals surface area contributed by atoms with E-state index in [0.717, 1.165) is 43.3 Å². The van der Waals surface area contributed by atoms with Crippen molar-refractivity contribution in [3.8, 4) is 0 Å². The summed E-state index contributed by atoms with van der Waals surface area (Å²) in [6, 6.07) is 7.96. The Morgan fingerprint density at radius 3 is 2.58 bits per heavy atom. The summed E-state index contributed by atoms with van der Waals surface area (Å²) in [5.41, 5.74) is 1.37. The molecule has 0 unspecified atom stereocenters. The van der Waals surface area contributed by atoms with Gasteiger partial charge in [-0.2, -0.15) is 0 Å². The van der Waals surface area contributed by atoms with Crippen molar-refractivity contribution in [2.24, 2.45) is 0 Å². The lowest BCUT2D eigenvalue weighted by molar-refractivity contribution is 0.0313. The van der Waals surface area contributed by atoms with Crippen LogP contribution in [0.15, 0.2) is 24.3 Å². The van der Waals surface area contributed by atoms with Crippen LogP contribution in [0, 0.1) is 0 Å². The van der Waals surface area contributed by atoms with E-state index in [1.807, 2.05) is 29.2 Å². The van der Waals surface area contributed by atoms with E-state index in [2.05, 4.69) is 9.88 Å². The highest BCUT2D eigenvalue weighted by Crippen LogP contribution is 2.29. The quantitative estimate of drug-likeness (QED) is 0.877. The van der Waals surface area contributed by atoms with Gasteiger partial charge >= 0.3 is 0 Å². The van der Waals surface area contributed by atoms with Gasteiger partial charge in [-0.15, -0.1) is 0 Å². The first-order chi connectivity index (χ1) is 11.6. The lowest BCUT2D eigenvalue weighted by Crippen LogP contribution is -2.53. The monoisotopic (exact) mass is 347 g/mol. The van der Waals surface area contributed by atoms with Crippen LogP contribution in [0.25, 0.3) is 10.9 Å². The van der Waals surface area contributed by atoms with Crippen molar-refractivity contribution in [1.82, 2.24) is 14.8 Å². The number of benzene rings is 1. The molecule has 1 aliphatic carbocycles. The van der Waals surface area contributed by atoms with E-state index >= 15 is 0 Å². The zero-order chi connectivity index (χ0) is 16.7. The number of nitrogens with one attached hydrogen (secondary N) is 1. The van der Waals surface area contributed by atoms with Gasteiger partial charge in [-0.3, -0.25) is 9.69 Å². The van der Waals surface area contributed by atoms with Crippen LogP contribution in [0.4, 0.5) is 0 Å². The van der Waals surface area contributed by atoms with Crippen LogP contribution in [0.5, 0.6) is 0 Å². The zero-order valence-electron chi connectivity index (χ0n) is 13.5. The maximum absolute atomic E-state index is 12.8. The molecule has 1 amide bonds. The number of fused-ring (bicyclic) bond motifs is 1. The van der Waals surface area contributed by atoms with Gasteiger partial charge in [0.25, 0.3) is 5.91 Å². The van der Waals surface area contributed by atoms with E-state index in [0.29, 0.717) is 23.8 Å². The number of hydrogen-bond acceptors (Lipinski definition) is 3. The zero-order valence-corrected chi connectivity index (χ0v) is 14.3. The van der Waals surface area contributed by atoms with Crippen LogP contribution in [0.1, 0.15) is 29.8 Å².